The average Bonchev–Trinajstić information content (AvgIpc) is 3.20. The predicted molar refractivity (Wildman–Crippen MR) is 80.3 cm³/mol. The summed E-state index contributed by atoms with van der Waals surface area (Å²) in [5.74, 6) is 0.0667. The van der Waals surface area contributed by atoms with Crippen LogP contribution in [0.4, 0.5) is 0 Å². The zero-order valence-corrected chi connectivity index (χ0v) is 12.5. The summed E-state index contributed by atoms with van der Waals surface area (Å²) in [5.41, 5.74) is 8.23. The Hall–Kier alpha value is -1.06. The van der Waals surface area contributed by atoms with E-state index in [2.05, 4.69) is 31.2 Å². The molecular weight excluding hydrogens is 260 g/mol. The number of amides is 1. The number of benzene rings is 1. The van der Waals surface area contributed by atoms with Gasteiger partial charge < -0.3 is 10.6 Å². The van der Waals surface area contributed by atoms with Crippen LogP contribution in [0, 0.1) is 0 Å². The summed E-state index contributed by atoms with van der Waals surface area (Å²) in [6.07, 6.45) is 3.28. The number of aryl methyl sites for hydroxylation is 1. The van der Waals surface area contributed by atoms with Crippen molar-refractivity contribution in [2.45, 2.75) is 51.7 Å². The van der Waals surface area contributed by atoms with Crippen molar-refractivity contribution < 1.29 is 4.79 Å². The van der Waals surface area contributed by atoms with Crippen LogP contribution in [0.2, 0.25) is 0 Å². The molecule has 2 rings (SSSR count). The lowest BCUT2D eigenvalue weighted by molar-refractivity contribution is -0.133. The molecule has 0 bridgehead atoms. The van der Waals surface area contributed by atoms with E-state index in [-0.39, 0.29) is 18.3 Å². The molecule has 4 heteroatoms. The largest absolute Gasteiger partial charge is 0.334 e. The molecule has 1 amide bonds. The van der Waals surface area contributed by atoms with Gasteiger partial charge in [-0.1, -0.05) is 31.2 Å². The number of hydrogen-bond donors (Lipinski definition) is 1. The Morgan fingerprint density at radius 2 is 1.84 bits per heavy atom. The molecule has 1 saturated carbocycles. The van der Waals surface area contributed by atoms with Gasteiger partial charge >= 0.3 is 0 Å². The third-order valence-corrected chi connectivity index (χ3v) is 3.44. The molecule has 2 N–H and O–H groups in total. The van der Waals surface area contributed by atoms with Gasteiger partial charge in [-0.05, 0) is 37.3 Å². The van der Waals surface area contributed by atoms with Crippen molar-refractivity contribution in [3.05, 3.63) is 35.4 Å². The molecular formula is C15H23ClN2O. The molecule has 0 spiro atoms. The van der Waals surface area contributed by atoms with Crippen LogP contribution >= 0.6 is 12.4 Å². The van der Waals surface area contributed by atoms with Crippen LogP contribution in [0.5, 0.6) is 0 Å². The van der Waals surface area contributed by atoms with E-state index in [1.54, 1.807) is 6.92 Å². The summed E-state index contributed by atoms with van der Waals surface area (Å²) >= 11 is 0. The summed E-state index contributed by atoms with van der Waals surface area (Å²) < 4.78 is 0. The third-order valence-electron chi connectivity index (χ3n) is 3.44. The first-order valence-corrected chi connectivity index (χ1v) is 6.75. The monoisotopic (exact) mass is 282 g/mol. The topological polar surface area (TPSA) is 46.3 Å². The summed E-state index contributed by atoms with van der Waals surface area (Å²) in [6.45, 7) is 4.60. The fourth-order valence-corrected chi connectivity index (χ4v) is 2.11. The lowest BCUT2D eigenvalue weighted by Gasteiger charge is -2.24. The number of nitrogens with zero attached hydrogens (tertiary/aromatic N) is 1. The minimum Gasteiger partial charge on any atom is -0.334 e. The molecule has 1 aliphatic carbocycles. The summed E-state index contributed by atoms with van der Waals surface area (Å²) in [7, 11) is 0. The Morgan fingerprint density at radius 3 is 2.26 bits per heavy atom. The lowest BCUT2D eigenvalue weighted by atomic mass is 10.1. The molecule has 1 atom stereocenters. The highest BCUT2D eigenvalue weighted by atomic mass is 35.5. The fourth-order valence-electron chi connectivity index (χ4n) is 2.11. The normalized spacial score (nSPS) is 15.5. The minimum absolute atomic E-state index is 0. The van der Waals surface area contributed by atoms with Crippen LogP contribution in [0.25, 0.3) is 0 Å². The second-order valence-corrected chi connectivity index (χ2v) is 5.16. The molecule has 106 valence electrons. The quantitative estimate of drug-likeness (QED) is 0.902. The zero-order valence-electron chi connectivity index (χ0n) is 11.6. The van der Waals surface area contributed by atoms with E-state index in [0.29, 0.717) is 12.6 Å². The lowest BCUT2D eigenvalue weighted by Crippen LogP contribution is -2.42. The molecule has 1 aromatic carbocycles. The van der Waals surface area contributed by atoms with Gasteiger partial charge in [0, 0.05) is 12.6 Å². The Balaban J connectivity index is 0.00000180. The third kappa shape index (κ3) is 4.22. The van der Waals surface area contributed by atoms with E-state index in [9.17, 15) is 4.79 Å². The molecule has 0 saturated heterocycles. The van der Waals surface area contributed by atoms with E-state index in [4.69, 9.17) is 5.73 Å². The predicted octanol–water partition coefficient (Wildman–Crippen LogP) is 2.51. The molecule has 1 aliphatic rings. The molecule has 19 heavy (non-hydrogen) atoms. The molecule has 0 heterocycles. The van der Waals surface area contributed by atoms with Gasteiger partial charge in [0.15, 0.2) is 0 Å². The van der Waals surface area contributed by atoms with Gasteiger partial charge in [-0.15, -0.1) is 12.4 Å². The number of nitrogens with two attached hydrogens (primary N) is 1. The van der Waals surface area contributed by atoms with E-state index in [1.807, 2.05) is 4.90 Å². The summed E-state index contributed by atoms with van der Waals surface area (Å²) in [4.78, 5) is 14.0. The van der Waals surface area contributed by atoms with Crippen LogP contribution in [0.1, 0.15) is 37.8 Å². The molecule has 0 radical (unpaired) electrons. The van der Waals surface area contributed by atoms with Crippen LogP contribution in [-0.4, -0.2) is 22.9 Å². The maximum atomic E-state index is 12.1. The fraction of sp³-hybridized carbons (Fsp3) is 0.533. The van der Waals surface area contributed by atoms with Crippen LogP contribution in [-0.2, 0) is 17.8 Å². The molecule has 0 aliphatic heterocycles. The Morgan fingerprint density at radius 1 is 1.32 bits per heavy atom. The summed E-state index contributed by atoms with van der Waals surface area (Å²) in [6, 6.07) is 8.51. The van der Waals surface area contributed by atoms with Gasteiger partial charge in [0.1, 0.15) is 0 Å². The number of rotatable bonds is 5. The first kappa shape index (κ1) is 16.0. The van der Waals surface area contributed by atoms with E-state index >= 15 is 0 Å². The van der Waals surface area contributed by atoms with Gasteiger partial charge in [-0.2, -0.15) is 0 Å². The molecule has 1 aromatic rings. The van der Waals surface area contributed by atoms with Crippen molar-refractivity contribution in [1.82, 2.24) is 4.90 Å². The smallest absolute Gasteiger partial charge is 0.239 e. The average molecular weight is 283 g/mol. The molecule has 1 fully saturated rings. The van der Waals surface area contributed by atoms with Crippen molar-refractivity contribution in [2.24, 2.45) is 5.73 Å². The highest BCUT2D eigenvalue weighted by Gasteiger charge is 2.33. The first-order valence-electron chi connectivity index (χ1n) is 6.75. The van der Waals surface area contributed by atoms with E-state index < -0.39 is 6.04 Å². The van der Waals surface area contributed by atoms with Gasteiger partial charge in [-0.25, -0.2) is 0 Å². The van der Waals surface area contributed by atoms with E-state index in [1.165, 1.54) is 11.1 Å². The Labute approximate surface area is 121 Å². The van der Waals surface area contributed by atoms with Gasteiger partial charge in [-0.3, -0.25) is 4.79 Å². The van der Waals surface area contributed by atoms with Crippen molar-refractivity contribution in [3.8, 4) is 0 Å². The van der Waals surface area contributed by atoms with Gasteiger partial charge in [0.05, 0.1) is 6.04 Å². The second-order valence-electron chi connectivity index (χ2n) is 5.16. The van der Waals surface area contributed by atoms with Crippen molar-refractivity contribution in [1.29, 1.82) is 0 Å². The Bertz CT molecular complexity index is 413. The highest BCUT2D eigenvalue weighted by molar-refractivity contribution is 5.85. The van der Waals surface area contributed by atoms with Crippen molar-refractivity contribution in [3.63, 3.8) is 0 Å². The van der Waals surface area contributed by atoms with Crippen LogP contribution in [0.3, 0.4) is 0 Å². The number of carbonyl (C=O) groups excluding carboxylic acids is 1. The maximum absolute atomic E-state index is 12.1. The highest BCUT2D eigenvalue weighted by Crippen LogP contribution is 2.28. The van der Waals surface area contributed by atoms with Crippen LogP contribution < -0.4 is 5.73 Å². The van der Waals surface area contributed by atoms with Crippen LogP contribution in [0.15, 0.2) is 24.3 Å². The second kappa shape index (κ2) is 6.92. The minimum atomic E-state index is -0.402. The molecule has 1 unspecified atom stereocenters. The molecule has 0 aromatic heterocycles. The maximum Gasteiger partial charge on any atom is 0.239 e. The van der Waals surface area contributed by atoms with Gasteiger partial charge in [0.25, 0.3) is 0 Å². The first-order chi connectivity index (χ1) is 8.61. The Kier molecular flexibility index (Phi) is 5.83. The standard InChI is InChI=1S/C15H22N2O.ClH/c1-3-12-4-6-13(7-5-12)10-17(14-8-9-14)15(18)11(2)16;/h4-7,11,14H,3,8-10,16H2,1-2H3;1H. The van der Waals surface area contributed by atoms with Gasteiger partial charge in [0.2, 0.25) is 5.91 Å². The van der Waals surface area contributed by atoms with Crippen molar-refractivity contribution >= 4 is 18.3 Å². The summed E-state index contributed by atoms with van der Waals surface area (Å²) in [5, 5.41) is 0. The SMILES string of the molecule is CCc1ccc(CN(C(=O)C(C)N)C2CC2)cc1.Cl. The number of hydrogen-bond acceptors (Lipinski definition) is 2. The number of carbonyl (C=O) groups is 1. The van der Waals surface area contributed by atoms with Crippen molar-refractivity contribution in [2.75, 3.05) is 0 Å². The van der Waals surface area contributed by atoms with E-state index in [0.717, 1.165) is 19.3 Å². The number of halogens is 1. The molecule has 3 nitrogen and oxygen atoms in total. The zero-order chi connectivity index (χ0) is 13.1.